The molecule has 0 saturated carbocycles. The van der Waals surface area contributed by atoms with Crippen LogP contribution < -0.4 is 4.72 Å². The van der Waals surface area contributed by atoms with Crippen LogP contribution in [0.4, 0.5) is 0 Å². The first-order valence-corrected chi connectivity index (χ1v) is 7.05. The quantitative estimate of drug-likeness (QED) is 0.708. The summed E-state index contributed by atoms with van der Waals surface area (Å²) in [5.41, 5.74) is 0. The molecule has 2 N–H and O–H groups in total. The molecular formula is C10H22N2O4S. The van der Waals surface area contributed by atoms with Crippen molar-refractivity contribution in [3.63, 3.8) is 0 Å². The smallest absolute Gasteiger partial charge is 0.322 e. The lowest BCUT2D eigenvalue weighted by atomic mass is 10.0. The van der Waals surface area contributed by atoms with Crippen molar-refractivity contribution in [3.05, 3.63) is 0 Å². The molecule has 0 spiro atoms. The summed E-state index contributed by atoms with van der Waals surface area (Å²) in [5, 5.41) is 9.01. The molecule has 0 fully saturated rings. The van der Waals surface area contributed by atoms with E-state index in [1.165, 1.54) is 7.05 Å². The molecule has 7 heteroatoms. The van der Waals surface area contributed by atoms with E-state index >= 15 is 0 Å². The van der Waals surface area contributed by atoms with E-state index in [2.05, 4.69) is 4.72 Å². The van der Waals surface area contributed by atoms with Crippen LogP contribution in [0.3, 0.4) is 0 Å². The van der Waals surface area contributed by atoms with E-state index < -0.39 is 22.2 Å². The minimum Gasteiger partial charge on any atom is -0.480 e. The number of aliphatic carboxylic acids is 1. The third-order valence-electron chi connectivity index (χ3n) is 2.86. The maximum Gasteiger partial charge on any atom is 0.322 e. The number of carboxylic acids is 1. The van der Waals surface area contributed by atoms with Gasteiger partial charge in [-0.2, -0.15) is 17.4 Å². The second kappa shape index (κ2) is 6.32. The Labute approximate surface area is 103 Å². The summed E-state index contributed by atoms with van der Waals surface area (Å²) in [7, 11) is -2.34. The molecule has 2 atom stereocenters. The molecule has 0 bridgehead atoms. The van der Waals surface area contributed by atoms with Crippen molar-refractivity contribution < 1.29 is 18.3 Å². The zero-order valence-electron chi connectivity index (χ0n) is 11.0. The van der Waals surface area contributed by atoms with Gasteiger partial charge in [-0.05, 0) is 19.8 Å². The number of carboxylic acid groups (broad SMARTS) is 1. The fourth-order valence-corrected chi connectivity index (χ4v) is 2.54. The van der Waals surface area contributed by atoms with Crippen LogP contribution >= 0.6 is 0 Å². The number of nitrogens with one attached hydrogen (secondary N) is 1. The highest BCUT2D eigenvalue weighted by Crippen LogP contribution is 2.11. The van der Waals surface area contributed by atoms with E-state index in [0.717, 1.165) is 4.31 Å². The summed E-state index contributed by atoms with van der Waals surface area (Å²) in [5.74, 6) is -1.41. The van der Waals surface area contributed by atoms with Gasteiger partial charge in [-0.25, -0.2) is 0 Å². The Morgan fingerprint density at radius 1 is 1.35 bits per heavy atom. The van der Waals surface area contributed by atoms with Crippen molar-refractivity contribution in [1.29, 1.82) is 0 Å². The zero-order valence-corrected chi connectivity index (χ0v) is 11.8. The van der Waals surface area contributed by atoms with Gasteiger partial charge in [0.2, 0.25) is 0 Å². The van der Waals surface area contributed by atoms with Crippen LogP contribution in [-0.2, 0) is 15.0 Å². The van der Waals surface area contributed by atoms with Crippen LogP contribution in [-0.4, -0.2) is 42.9 Å². The van der Waals surface area contributed by atoms with Crippen LogP contribution in [0.1, 0.15) is 34.1 Å². The third kappa shape index (κ3) is 4.61. The van der Waals surface area contributed by atoms with Crippen LogP contribution in [0, 0.1) is 5.92 Å². The van der Waals surface area contributed by atoms with E-state index in [1.54, 1.807) is 20.8 Å². The number of hydrogen-bond donors (Lipinski definition) is 2. The average molecular weight is 266 g/mol. The minimum atomic E-state index is -3.76. The molecule has 0 saturated heterocycles. The Bertz CT molecular complexity index is 353. The molecule has 0 rings (SSSR count). The third-order valence-corrected chi connectivity index (χ3v) is 4.59. The first-order valence-electron chi connectivity index (χ1n) is 5.61. The summed E-state index contributed by atoms with van der Waals surface area (Å²) < 4.78 is 27.1. The van der Waals surface area contributed by atoms with Crippen LogP contribution in [0.2, 0.25) is 0 Å². The maximum atomic E-state index is 11.9. The average Bonchev–Trinajstić information content (AvgIpc) is 2.23. The predicted octanol–water partition coefficient (Wildman–Crippen LogP) is 0.660. The molecule has 0 radical (unpaired) electrons. The molecule has 0 heterocycles. The number of carbonyl (C=O) groups is 1. The SMILES string of the molecule is CCC(C)[C@H](NS(=O)(=O)N(C)C(C)C)C(=O)O. The molecule has 102 valence electrons. The monoisotopic (exact) mass is 266 g/mol. The van der Waals surface area contributed by atoms with Gasteiger partial charge < -0.3 is 5.11 Å². The highest BCUT2D eigenvalue weighted by atomic mass is 32.2. The predicted molar refractivity (Wildman–Crippen MR) is 65.8 cm³/mol. The molecular weight excluding hydrogens is 244 g/mol. The lowest BCUT2D eigenvalue weighted by Crippen LogP contribution is -2.51. The largest absolute Gasteiger partial charge is 0.480 e. The Kier molecular flexibility index (Phi) is 6.08. The molecule has 0 aliphatic carbocycles. The van der Waals surface area contributed by atoms with Crippen LogP contribution in [0.25, 0.3) is 0 Å². The van der Waals surface area contributed by atoms with E-state index in [-0.39, 0.29) is 12.0 Å². The first kappa shape index (κ1) is 16.3. The summed E-state index contributed by atoms with van der Waals surface area (Å²) in [4.78, 5) is 11.0. The molecule has 0 aliphatic heterocycles. The highest BCUT2D eigenvalue weighted by Gasteiger charge is 2.31. The van der Waals surface area contributed by atoms with Gasteiger partial charge in [0.15, 0.2) is 0 Å². The standard InChI is InChI=1S/C10H22N2O4S/c1-6-8(4)9(10(13)14)11-17(15,16)12(5)7(2)3/h7-9,11H,6H2,1-5H3,(H,13,14)/t8?,9-/m0/s1. The number of rotatable bonds is 7. The van der Waals surface area contributed by atoms with Crippen molar-refractivity contribution in [3.8, 4) is 0 Å². The fourth-order valence-electron chi connectivity index (χ4n) is 1.17. The Morgan fingerprint density at radius 3 is 2.12 bits per heavy atom. The lowest BCUT2D eigenvalue weighted by Gasteiger charge is -2.26. The van der Waals surface area contributed by atoms with Gasteiger partial charge in [-0.1, -0.05) is 20.3 Å². The van der Waals surface area contributed by atoms with Crippen molar-refractivity contribution in [2.24, 2.45) is 5.92 Å². The minimum absolute atomic E-state index is 0.223. The molecule has 0 amide bonds. The van der Waals surface area contributed by atoms with E-state index in [1.807, 2.05) is 6.92 Å². The summed E-state index contributed by atoms with van der Waals surface area (Å²) in [6.07, 6.45) is 0.588. The summed E-state index contributed by atoms with van der Waals surface area (Å²) >= 11 is 0. The van der Waals surface area contributed by atoms with E-state index in [9.17, 15) is 13.2 Å². The molecule has 6 nitrogen and oxygen atoms in total. The van der Waals surface area contributed by atoms with Crippen molar-refractivity contribution in [2.75, 3.05) is 7.05 Å². The van der Waals surface area contributed by atoms with Gasteiger partial charge >= 0.3 is 5.97 Å². The van der Waals surface area contributed by atoms with Gasteiger partial charge in [0.25, 0.3) is 10.2 Å². The second-order valence-electron chi connectivity index (χ2n) is 4.43. The van der Waals surface area contributed by atoms with Crippen molar-refractivity contribution in [2.45, 2.75) is 46.2 Å². The van der Waals surface area contributed by atoms with Crippen molar-refractivity contribution >= 4 is 16.2 Å². The highest BCUT2D eigenvalue weighted by molar-refractivity contribution is 7.87. The van der Waals surface area contributed by atoms with Crippen LogP contribution in [0.5, 0.6) is 0 Å². The van der Waals surface area contributed by atoms with Gasteiger partial charge in [0.05, 0.1) is 0 Å². The second-order valence-corrected chi connectivity index (χ2v) is 6.20. The normalized spacial score (nSPS) is 16.2. The molecule has 0 aliphatic rings. The van der Waals surface area contributed by atoms with Crippen molar-refractivity contribution in [1.82, 2.24) is 9.03 Å². The number of nitrogens with zero attached hydrogens (tertiary/aromatic N) is 1. The Balaban J connectivity index is 4.95. The fraction of sp³-hybridized carbons (Fsp3) is 0.900. The summed E-state index contributed by atoms with van der Waals surface area (Å²) in [6.45, 7) is 6.97. The van der Waals surface area contributed by atoms with E-state index in [4.69, 9.17) is 5.11 Å². The van der Waals surface area contributed by atoms with Gasteiger partial charge in [-0.3, -0.25) is 4.79 Å². The van der Waals surface area contributed by atoms with Gasteiger partial charge in [0, 0.05) is 13.1 Å². The van der Waals surface area contributed by atoms with Gasteiger partial charge in [0.1, 0.15) is 6.04 Å². The molecule has 17 heavy (non-hydrogen) atoms. The number of hydrogen-bond acceptors (Lipinski definition) is 3. The zero-order chi connectivity index (χ0) is 13.8. The molecule has 0 aromatic rings. The molecule has 0 aromatic carbocycles. The lowest BCUT2D eigenvalue weighted by molar-refractivity contribution is -0.140. The van der Waals surface area contributed by atoms with E-state index in [0.29, 0.717) is 6.42 Å². The maximum absolute atomic E-state index is 11.9. The topological polar surface area (TPSA) is 86.7 Å². The Hall–Kier alpha value is -0.660. The summed E-state index contributed by atoms with van der Waals surface area (Å²) in [6, 6.07) is -1.31. The van der Waals surface area contributed by atoms with Gasteiger partial charge in [-0.15, -0.1) is 0 Å². The molecule has 0 aromatic heterocycles. The van der Waals surface area contributed by atoms with Crippen LogP contribution in [0.15, 0.2) is 0 Å². The Morgan fingerprint density at radius 2 is 1.82 bits per heavy atom. The first-order chi connectivity index (χ1) is 7.63. The molecule has 1 unspecified atom stereocenters.